The Morgan fingerprint density at radius 2 is 2.00 bits per heavy atom. The lowest BCUT2D eigenvalue weighted by atomic mass is 9.62. The molecule has 0 aromatic heterocycles. The number of aliphatic hydroxyl groups is 1. The normalized spacial score (nSPS) is 29.1. The van der Waals surface area contributed by atoms with E-state index < -0.39 is 0 Å². The maximum atomic E-state index is 9.48. The highest BCUT2D eigenvalue weighted by atomic mass is 16.3. The highest BCUT2D eigenvalue weighted by Gasteiger charge is 2.46. The van der Waals surface area contributed by atoms with Gasteiger partial charge in [-0.1, -0.05) is 37.3 Å². The number of hydrogen-bond acceptors (Lipinski definition) is 3. The number of nitrogens with zero attached hydrogens (tertiary/aromatic N) is 1. The summed E-state index contributed by atoms with van der Waals surface area (Å²) in [6, 6.07) is 13.2. The van der Waals surface area contributed by atoms with Crippen LogP contribution in [0, 0.1) is 17.2 Å². The maximum absolute atomic E-state index is 9.48. The van der Waals surface area contributed by atoms with Crippen molar-refractivity contribution in [3.05, 3.63) is 35.9 Å². The highest BCUT2D eigenvalue weighted by Crippen LogP contribution is 2.43. The molecule has 0 amide bonds. The minimum atomic E-state index is -0.318. The molecule has 1 aromatic rings. The monoisotopic (exact) mass is 258 g/mol. The lowest BCUT2D eigenvalue weighted by Crippen LogP contribution is -2.54. The first-order valence-electron chi connectivity index (χ1n) is 6.95. The van der Waals surface area contributed by atoms with Crippen molar-refractivity contribution < 1.29 is 5.11 Å². The summed E-state index contributed by atoms with van der Waals surface area (Å²) in [7, 11) is 0. The van der Waals surface area contributed by atoms with Crippen LogP contribution in [-0.2, 0) is 5.41 Å². The zero-order valence-electron chi connectivity index (χ0n) is 11.6. The van der Waals surface area contributed by atoms with Crippen LogP contribution in [0.15, 0.2) is 30.3 Å². The van der Waals surface area contributed by atoms with Gasteiger partial charge in [-0.3, -0.25) is 0 Å². The molecule has 0 spiro atoms. The summed E-state index contributed by atoms with van der Waals surface area (Å²) in [5, 5.41) is 22.1. The number of rotatable bonds is 5. The summed E-state index contributed by atoms with van der Waals surface area (Å²) < 4.78 is 0. The first kappa shape index (κ1) is 14.0. The summed E-state index contributed by atoms with van der Waals surface area (Å²) in [4.78, 5) is 0. The second-order valence-corrected chi connectivity index (χ2v) is 5.78. The Hall–Kier alpha value is -1.37. The van der Waals surface area contributed by atoms with Gasteiger partial charge in [0.05, 0.1) is 11.5 Å². The molecule has 0 bridgehead atoms. The fourth-order valence-electron chi connectivity index (χ4n) is 2.74. The van der Waals surface area contributed by atoms with Crippen molar-refractivity contribution in [2.45, 2.75) is 44.2 Å². The number of nitriles is 1. The molecule has 2 atom stereocenters. The van der Waals surface area contributed by atoms with Crippen LogP contribution in [0.25, 0.3) is 0 Å². The molecule has 0 heterocycles. The summed E-state index contributed by atoms with van der Waals surface area (Å²) in [5.74, 6) is 0.244. The van der Waals surface area contributed by atoms with Crippen LogP contribution < -0.4 is 5.32 Å². The molecule has 1 aliphatic rings. The van der Waals surface area contributed by atoms with Crippen molar-refractivity contribution in [2.24, 2.45) is 5.92 Å². The van der Waals surface area contributed by atoms with Crippen molar-refractivity contribution >= 4 is 0 Å². The van der Waals surface area contributed by atoms with Crippen LogP contribution >= 0.6 is 0 Å². The summed E-state index contributed by atoms with van der Waals surface area (Å²) in [6.07, 6.45) is 1.71. The SMILES string of the molecule is CC(CO)C(C)NC1CC(C#N)(c2ccccc2)C1. The molecule has 2 unspecified atom stereocenters. The van der Waals surface area contributed by atoms with E-state index in [9.17, 15) is 5.26 Å². The van der Waals surface area contributed by atoms with Gasteiger partial charge in [-0.2, -0.15) is 5.26 Å². The summed E-state index contributed by atoms with van der Waals surface area (Å²) >= 11 is 0. The zero-order chi connectivity index (χ0) is 13.9. The van der Waals surface area contributed by atoms with Crippen molar-refractivity contribution in [3.63, 3.8) is 0 Å². The van der Waals surface area contributed by atoms with Gasteiger partial charge >= 0.3 is 0 Å². The fourth-order valence-corrected chi connectivity index (χ4v) is 2.74. The molecule has 0 aliphatic heterocycles. The van der Waals surface area contributed by atoms with Gasteiger partial charge in [-0.15, -0.1) is 0 Å². The number of aliphatic hydroxyl groups excluding tert-OH is 1. The van der Waals surface area contributed by atoms with Crippen molar-refractivity contribution in [2.75, 3.05) is 6.61 Å². The molecule has 1 aliphatic carbocycles. The number of benzene rings is 1. The van der Waals surface area contributed by atoms with Gasteiger partial charge in [-0.05, 0) is 31.2 Å². The Bertz CT molecular complexity index is 446. The predicted molar refractivity (Wildman–Crippen MR) is 75.6 cm³/mol. The van der Waals surface area contributed by atoms with E-state index in [0.717, 1.165) is 18.4 Å². The molecule has 1 fully saturated rings. The average molecular weight is 258 g/mol. The first-order valence-corrected chi connectivity index (χ1v) is 6.95. The van der Waals surface area contributed by atoms with Crippen LogP contribution in [0.2, 0.25) is 0 Å². The van der Waals surface area contributed by atoms with Gasteiger partial charge in [-0.25, -0.2) is 0 Å². The molecule has 1 saturated carbocycles. The van der Waals surface area contributed by atoms with Crippen molar-refractivity contribution in [1.82, 2.24) is 5.32 Å². The van der Waals surface area contributed by atoms with Gasteiger partial charge in [0, 0.05) is 18.7 Å². The summed E-state index contributed by atoms with van der Waals surface area (Å²) in [5.41, 5.74) is 0.805. The Kier molecular flexibility index (Phi) is 4.24. The third-order valence-electron chi connectivity index (χ3n) is 4.37. The van der Waals surface area contributed by atoms with Crippen LogP contribution in [0.5, 0.6) is 0 Å². The van der Waals surface area contributed by atoms with Crippen LogP contribution in [0.3, 0.4) is 0 Å². The van der Waals surface area contributed by atoms with E-state index in [0.29, 0.717) is 6.04 Å². The largest absolute Gasteiger partial charge is 0.396 e. The van der Waals surface area contributed by atoms with E-state index in [1.165, 1.54) is 0 Å². The molecule has 102 valence electrons. The number of hydrogen-bond donors (Lipinski definition) is 2. The van der Waals surface area contributed by atoms with Crippen LogP contribution in [0.4, 0.5) is 0 Å². The van der Waals surface area contributed by atoms with Gasteiger partial charge in [0.2, 0.25) is 0 Å². The Balaban J connectivity index is 1.96. The van der Waals surface area contributed by atoms with E-state index in [4.69, 9.17) is 5.11 Å². The van der Waals surface area contributed by atoms with Crippen molar-refractivity contribution in [3.8, 4) is 6.07 Å². The van der Waals surface area contributed by atoms with Crippen LogP contribution in [-0.4, -0.2) is 23.8 Å². The molecule has 0 radical (unpaired) electrons. The predicted octanol–water partition coefficient (Wildman–Crippen LogP) is 2.22. The Labute approximate surface area is 115 Å². The lowest BCUT2D eigenvalue weighted by Gasteiger charge is -2.45. The molecule has 3 nitrogen and oxygen atoms in total. The van der Waals surface area contributed by atoms with Crippen LogP contribution in [0.1, 0.15) is 32.3 Å². The second kappa shape index (κ2) is 5.73. The molecule has 1 aromatic carbocycles. The van der Waals surface area contributed by atoms with E-state index in [1.807, 2.05) is 37.3 Å². The van der Waals surface area contributed by atoms with Gasteiger partial charge in [0.1, 0.15) is 0 Å². The van der Waals surface area contributed by atoms with E-state index in [-0.39, 0.29) is 24.0 Å². The molecule has 3 heteroatoms. The topological polar surface area (TPSA) is 56.0 Å². The average Bonchev–Trinajstić information content (AvgIpc) is 2.42. The molecule has 0 saturated heterocycles. The van der Waals surface area contributed by atoms with E-state index in [2.05, 4.69) is 18.3 Å². The van der Waals surface area contributed by atoms with Gasteiger partial charge < -0.3 is 10.4 Å². The first-order chi connectivity index (χ1) is 9.11. The minimum Gasteiger partial charge on any atom is -0.396 e. The standard InChI is InChI=1S/C16H22N2O/c1-12(10-19)13(2)18-15-8-16(9-15,11-17)14-6-4-3-5-7-14/h3-7,12-13,15,18-19H,8-10H2,1-2H3. The fraction of sp³-hybridized carbons (Fsp3) is 0.562. The smallest absolute Gasteiger partial charge is 0.0852 e. The molecular weight excluding hydrogens is 236 g/mol. The van der Waals surface area contributed by atoms with Crippen molar-refractivity contribution in [1.29, 1.82) is 5.26 Å². The second-order valence-electron chi connectivity index (χ2n) is 5.78. The Morgan fingerprint density at radius 3 is 2.53 bits per heavy atom. The lowest BCUT2D eigenvalue weighted by molar-refractivity contribution is 0.162. The van der Waals surface area contributed by atoms with Gasteiger partial charge in [0.15, 0.2) is 0 Å². The minimum absolute atomic E-state index is 0.197. The quantitative estimate of drug-likeness (QED) is 0.851. The zero-order valence-corrected chi connectivity index (χ0v) is 11.6. The van der Waals surface area contributed by atoms with E-state index in [1.54, 1.807) is 0 Å². The Morgan fingerprint density at radius 1 is 1.37 bits per heavy atom. The third-order valence-corrected chi connectivity index (χ3v) is 4.37. The molecular formula is C16H22N2O. The molecule has 19 heavy (non-hydrogen) atoms. The highest BCUT2D eigenvalue weighted by molar-refractivity contribution is 5.36. The van der Waals surface area contributed by atoms with E-state index >= 15 is 0 Å². The third kappa shape index (κ3) is 2.80. The molecule has 2 rings (SSSR count). The number of nitrogens with one attached hydrogen (secondary N) is 1. The maximum Gasteiger partial charge on any atom is 0.0852 e. The summed E-state index contributed by atoms with van der Waals surface area (Å²) in [6.45, 7) is 4.32. The van der Waals surface area contributed by atoms with Gasteiger partial charge in [0.25, 0.3) is 0 Å². The molecule has 2 N–H and O–H groups in total.